The first-order chi connectivity index (χ1) is 11.2. The van der Waals surface area contributed by atoms with Gasteiger partial charge in [0.1, 0.15) is 11.9 Å². The highest BCUT2D eigenvalue weighted by Gasteiger charge is 2.39. The Morgan fingerprint density at radius 2 is 1.92 bits per heavy atom. The van der Waals surface area contributed by atoms with E-state index in [1.54, 1.807) is 26.8 Å². The molecule has 128 valence electrons. The predicted molar refractivity (Wildman–Crippen MR) is 90.6 cm³/mol. The van der Waals surface area contributed by atoms with Crippen LogP contribution < -0.4 is 0 Å². The van der Waals surface area contributed by atoms with Crippen LogP contribution in [0.25, 0.3) is 0 Å². The lowest BCUT2D eigenvalue weighted by atomic mass is 9.88. The lowest BCUT2D eigenvalue weighted by Crippen LogP contribution is -2.45. The lowest BCUT2D eigenvalue weighted by molar-refractivity contribution is -0.126. The normalized spacial score (nSPS) is 18.6. The van der Waals surface area contributed by atoms with Crippen LogP contribution in [-0.4, -0.2) is 34.8 Å². The van der Waals surface area contributed by atoms with E-state index >= 15 is 0 Å². The van der Waals surface area contributed by atoms with E-state index in [4.69, 9.17) is 4.74 Å². The first-order valence-corrected chi connectivity index (χ1v) is 7.97. The molecule has 0 radical (unpaired) electrons. The Bertz CT molecular complexity index is 655. The number of amides is 2. The van der Waals surface area contributed by atoms with Crippen LogP contribution in [0.1, 0.15) is 44.2 Å². The number of carbonyl (C=O) groups is 3. The molecule has 0 bridgehead atoms. The largest absolute Gasteiger partial charge is 0.443 e. The molecule has 1 aromatic rings. The third-order valence-corrected chi connectivity index (χ3v) is 3.83. The fourth-order valence-electron chi connectivity index (χ4n) is 2.72. The maximum absolute atomic E-state index is 12.4. The summed E-state index contributed by atoms with van der Waals surface area (Å²) < 4.78 is 5.34. The second kappa shape index (κ2) is 6.99. The molecule has 0 spiro atoms. The average molecular weight is 329 g/mol. The maximum atomic E-state index is 12.4. The topological polar surface area (TPSA) is 63.7 Å². The van der Waals surface area contributed by atoms with E-state index in [2.05, 4.69) is 0 Å². The summed E-state index contributed by atoms with van der Waals surface area (Å²) in [4.78, 5) is 36.8. The van der Waals surface area contributed by atoms with E-state index in [-0.39, 0.29) is 12.3 Å². The number of benzene rings is 1. The van der Waals surface area contributed by atoms with Crippen LogP contribution in [0.4, 0.5) is 4.79 Å². The van der Waals surface area contributed by atoms with E-state index in [0.717, 1.165) is 22.3 Å². The van der Waals surface area contributed by atoms with Gasteiger partial charge in [0, 0.05) is 18.4 Å². The molecule has 5 nitrogen and oxygen atoms in total. The Kier molecular flexibility index (Phi) is 5.22. The van der Waals surface area contributed by atoms with Crippen molar-refractivity contribution >= 4 is 18.3 Å². The predicted octanol–water partition coefficient (Wildman–Crippen LogP) is 3.37. The SMILES string of the molecule is Cc1ccc([C@H](CC=O)[C@H]2C=CC(=O)N2C(=O)OC(C)(C)C)cc1. The number of ether oxygens (including phenoxy) is 1. The molecule has 2 atom stereocenters. The van der Waals surface area contributed by atoms with Crippen LogP contribution >= 0.6 is 0 Å². The van der Waals surface area contributed by atoms with Crippen LogP contribution in [0.5, 0.6) is 0 Å². The van der Waals surface area contributed by atoms with Gasteiger partial charge in [-0.05, 0) is 33.3 Å². The Hall–Kier alpha value is -2.43. The Balaban J connectivity index is 2.32. The fraction of sp³-hybridized carbons (Fsp3) is 0.421. The van der Waals surface area contributed by atoms with E-state index in [0.29, 0.717) is 0 Å². The summed E-state index contributed by atoms with van der Waals surface area (Å²) in [7, 11) is 0. The number of aryl methyl sites for hydroxylation is 1. The Morgan fingerprint density at radius 3 is 2.46 bits per heavy atom. The van der Waals surface area contributed by atoms with Crippen molar-refractivity contribution in [3.63, 3.8) is 0 Å². The zero-order valence-corrected chi connectivity index (χ0v) is 14.5. The van der Waals surface area contributed by atoms with E-state index < -0.39 is 23.6 Å². The molecule has 0 saturated carbocycles. The number of nitrogens with zero attached hydrogens (tertiary/aromatic N) is 1. The first kappa shape index (κ1) is 17.9. The first-order valence-electron chi connectivity index (χ1n) is 7.97. The summed E-state index contributed by atoms with van der Waals surface area (Å²) in [5.41, 5.74) is 1.31. The molecule has 1 aliphatic rings. The number of carbonyl (C=O) groups excluding carboxylic acids is 3. The molecular formula is C19H23NO4. The molecule has 5 heteroatoms. The standard InChI is InChI=1S/C19H23NO4/c1-13-5-7-14(8-6-13)15(11-12-21)16-9-10-17(22)20(16)18(23)24-19(2,3)4/h5-10,12,15-16H,11H2,1-4H3/t15-,16+/m0/s1. The van der Waals surface area contributed by atoms with Crippen molar-refractivity contribution in [3.05, 3.63) is 47.5 Å². The van der Waals surface area contributed by atoms with Crippen molar-refractivity contribution in [2.24, 2.45) is 0 Å². The molecule has 2 amide bonds. The molecule has 2 rings (SSSR count). The molecule has 0 unspecified atom stereocenters. The van der Waals surface area contributed by atoms with Gasteiger partial charge in [-0.3, -0.25) is 4.79 Å². The summed E-state index contributed by atoms with van der Waals surface area (Å²) in [6, 6.07) is 7.22. The minimum atomic E-state index is -0.700. The second-order valence-corrected chi connectivity index (χ2v) is 6.96. The molecule has 0 saturated heterocycles. The smallest absolute Gasteiger partial charge is 0.417 e. The number of aldehydes is 1. The summed E-state index contributed by atoms with van der Waals surface area (Å²) in [6.07, 6.45) is 3.37. The van der Waals surface area contributed by atoms with Gasteiger partial charge in [0.15, 0.2) is 0 Å². The number of hydrogen-bond acceptors (Lipinski definition) is 4. The highest BCUT2D eigenvalue weighted by atomic mass is 16.6. The molecule has 0 aliphatic carbocycles. The molecule has 0 N–H and O–H groups in total. The van der Waals surface area contributed by atoms with Gasteiger partial charge in [0.05, 0.1) is 6.04 Å². The average Bonchev–Trinajstić information content (AvgIpc) is 2.86. The van der Waals surface area contributed by atoms with Crippen LogP contribution in [0.3, 0.4) is 0 Å². The maximum Gasteiger partial charge on any atom is 0.417 e. The summed E-state index contributed by atoms with van der Waals surface area (Å²) in [5.74, 6) is -0.712. The minimum Gasteiger partial charge on any atom is -0.443 e. The van der Waals surface area contributed by atoms with E-state index in [1.165, 1.54) is 6.08 Å². The van der Waals surface area contributed by atoms with Crippen LogP contribution in [-0.2, 0) is 14.3 Å². The van der Waals surface area contributed by atoms with E-state index in [1.807, 2.05) is 31.2 Å². The third kappa shape index (κ3) is 4.10. The monoisotopic (exact) mass is 329 g/mol. The molecule has 1 aliphatic heterocycles. The molecule has 1 heterocycles. The zero-order chi connectivity index (χ0) is 17.9. The van der Waals surface area contributed by atoms with Crippen LogP contribution in [0, 0.1) is 6.92 Å². The van der Waals surface area contributed by atoms with Crippen molar-refractivity contribution in [2.45, 2.75) is 51.7 Å². The number of hydrogen-bond donors (Lipinski definition) is 0. The van der Waals surface area contributed by atoms with E-state index in [9.17, 15) is 14.4 Å². The second-order valence-electron chi connectivity index (χ2n) is 6.96. The molecular weight excluding hydrogens is 306 g/mol. The van der Waals surface area contributed by atoms with Crippen molar-refractivity contribution in [1.29, 1.82) is 0 Å². The fourth-order valence-corrected chi connectivity index (χ4v) is 2.72. The summed E-state index contributed by atoms with van der Waals surface area (Å²) in [6.45, 7) is 7.22. The number of rotatable bonds is 4. The lowest BCUT2D eigenvalue weighted by Gasteiger charge is -2.31. The summed E-state index contributed by atoms with van der Waals surface area (Å²) in [5, 5.41) is 0. The zero-order valence-electron chi connectivity index (χ0n) is 14.5. The number of imide groups is 1. The molecule has 24 heavy (non-hydrogen) atoms. The quantitative estimate of drug-likeness (QED) is 0.795. The van der Waals surface area contributed by atoms with Crippen LogP contribution in [0.2, 0.25) is 0 Å². The van der Waals surface area contributed by atoms with Gasteiger partial charge in [0.25, 0.3) is 5.91 Å². The highest BCUT2D eigenvalue weighted by molar-refractivity contribution is 6.01. The van der Waals surface area contributed by atoms with Crippen molar-refractivity contribution in [1.82, 2.24) is 4.90 Å². The van der Waals surface area contributed by atoms with Crippen LogP contribution in [0.15, 0.2) is 36.4 Å². The van der Waals surface area contributed by atoms with Gasteiger partial charge < -0.3 is 9.53 Å². The van der Waals surface area contributed by atoms with Gasteiger partial charge in [-0.2, -0.15) is 0 Å². The minimum absolute atomic E-state index is 0.213. The van der Waals surface area contributed by atoms with Gasteiger partial charge >= 0.3 is 6.09 Å². The van der Waals surface area contributed by atoms with Crippen molar-refractivity contribution in [2.75, 3.05) is 0 Å². The molecule has 1 aromatic carbocycles. The van der Waals surface area contributed by atoms with Gasteiger partial charge in [-0.1, -0.05) is 35.9 Å². The highest BCUT2D eigenvalue weighted by Crippen LogP contribution is 2.31. The Labute approximate surface area is 142 Å². The summed E-state index contributed by atoms with van der Waals surface area (Å²) >= 11 is 0. The van der Waals surface area contributed by atoms with Crippen molar-refractivity contribution in [3.8, 4) is 0 Å². The van der Waals surface area contributed by atoms with Gasteiger partial charge in [-0.25, -0.2) is 9.69 Å². The van der Waals surface area contributed by atoms with Crippen molar-refractivity contribution < 1.29 is 19.1 Å². The Morgan fingerprint density at radius 1 is 1.29 bits per heavy atom. The molecule has 0 aromatic heterocycles. The van der Waals surface area contributed by atoms with Gasteiger partial charge in [-0.15, -0.1) is 0 Å². The van der Waals surface area contributed by atoms with Gasteiger partial charge in [0.2, 0.25) is 0 Å². The molecule has 0 fully saturated rings. The third-order valence-electron chi connectivity index (χ3n) is 3.83.